The molecule has 2 aliphatic heterocycles. The fourth-order valence-electron chi connectivity index (χ4n) is 3.81. The first kappa shape index (κ1) is 17.7. The molecular formula is C18H31N5S. The van der Waals surface area contributed by atoms with Crippen LogP contribution < -0.4 is 5.32 Å². The lowest BCUT2D eigenvalue weighted by Crippen LogP contribution is -2.41. The molecule has 1 aromatic rings. The van der Waals surface area contributed by atoms with E-state index in [2.05, 4.69) is 32.0 Å². The van der Waals surface area contributed by atoms with Crippen LogP contribution in [0.2, 0.25) is 0 Å². The highest BCUT2D eigenvalue weighted by atomic mass is 32.1. The van der Waals surface area contributed by atoms with E-state index in [-0.39, 0.29) is 0 Å². The number of likely N-dealkylation sites (tertiary alicyclic amines) is 2. The van der Waals surface area contributed by atoms with E-state index in [1.807, 2.05) is 13.2 Å². The monoisotopic (exact) mass is 349 g/mol. The normalized spacial score (nSPS) is 23.0. The molecule has 6 heteroatoms. The van der Waals surface area contributed by atoms with Gasteiger partial charge >= 0.3 is 0 Å². The van der Waals surface area contributed by atoms with Crippen LogP contribution in [0.25, 0.3) is 0 Å². The summed E-state index contributed by atoms with van der Waals surface area (Å²) in [6.07, 6.45) is 8.42. The number of thiazole rings is 1. The summed E-state index contributed by atoms with van der Waals surface area (Å²) >= 11 is 1.79. The van der Waals surface area contributed by atoms with Gasteiger partial charge in [0.2, 0.25) is 0 Å². The highest BCUT2D eigenvalue weighted by Gasteiger charge is 2.26. The van der Waals surface area contributed by atoms with Crippen molar-refractivity contribution < 1.29 is 0 Å². The smallest absolute Gasteiger partial charge is 0.193 e. The third kappa shape index (κ3) is 4.93. The predicted molar refractivity (Wildman–Crippen MR) is 102 cm³/mol. The Kier molecular flexibility index (Phi) is 6.49. The van der Waals surface area contributed by atoms with Crippen molar-refractivity contribution in [3.8, 4) is 0 Å². The van der Waals surface area contributed by atoms with Crippen molar-refractivity contribution in [2.45, 2.75) is 39.0 Å². The summed E-state index contributed by atoms with van der Waals surface area (Å²) in [5.74, 6) is 1.85. The van der Waals surface area contributed by atoms with Crippen LogP contribution in [0.3, 0.4) is 0 Å². The number of aromatic nitrogens is 1. The number of hydrogen-bond acceptors (Lipinski definition) is 4. The van der Waals surface area contributed by atoms with Crippen LogP contribution in [0.5, 0.6) is 0 Å². The van der Waals surface area contributed by atoms with Gasteiger partial charge in [-0.3, -0.25) is 4.99 Å². The molecule has 2 saturated heterocycles. The van der Waals surface area contributed by atoms with Crippen molar-refractivity contribution in [1.29, 1.82) is 0 Å². The van der Waals surface area contributed by atoms with Gasteiger partial charge in [0, 0.05) is 50.7 Å². The van der Waals surface area contributed by atoms with Gasteiger partial charge in [-0.15, -0.1) is 11.3 Å². The zero-order valence-corrected chi connectivity index (χ0v) is 15.9. The van der Waals surface area contributed by atoms with Crippen LogP contribution in [0.4, 0.5) is 0 Å². The highest BCUT2D eigenvalue weighted by Crippen LogP contribution is 2.20. The Hall–Kier alpha value is -1.14. The van der Waals surface area contributed by atoms with Crippen molar-refractivity contribution in [3.05, 3.63) is 16.1 Å². The van der Waals surface area contributed by atoms with Gasteiger partial charge in [0.25, 0.3) is 0 Å². The van der Waals surface area contributed by atoms with Gasteiger partial charge in [-0.2, -0.15) is 0 Å². The Morgan fingerprint density at radius 3 is 2.88 bits per heavy atom. The summed E-state index contributed by atoms with van der Waals surface area (Å²) in [5, 5.41) is 4.73. The third-order valence-corrected chi connectivity index (χ3v) is 6.03. The molecule has 0 radical (unpaired) electrons. The van der Waals surface area contributed by atoms with Gasteiger partial charge in [-0.25, -0.2) is 4.98 Å². The molecule has 5 nitrogen and oxygen atoms in total. The SMILES string of the molecule is CN=C(NCCc1ncc(C)s1)N1CCC(CN2CCCCC2)C1. The lowest BCUT2D eigenvalue weighted by Gasteiger charge is -2.29. The first-order valence-electron chi connectivity index (χ1n) is 9.34. The number of hydrogen-bond donors (Lipinski definition) is 1. The van der Waals surface area contributed by atoms with Crippen molar-refractivity contribution >= 4 is 17.3 Å². The van der Waals surface area contributed by atoms with E-state index in [4.69, 9.17) is 0 Å². The van der Waals surface area contributed by atoms with E-state index < -0.39 is 0 Å². The van der Waals surface area contributed by atoms with Crippen molar-refractivity contribution in [1.82, 2.24) is 20.1 Å². The second-order valence-corrected chi connectivity index (χ2v) is 8.37. The molecule has 0 spiro atoms. The lowest BCUT2D eigenvalue weighted by atomic mass is 10.1. The number of guanidine groups is 1. The molecule has 3 rings (SSSR count). The average molecular weight is 350 g/mol. The van der Waals surface area contributed by atoms with Crippen LogP contribution in [0, 0.1) is 12.8 Å². The second-order valence-electron chi connectivity index (χ2n) is 7.05. The molecule has 0 amide bonds. The minimum absolute atomic E-state index is 0.795. The topological polar surface area (TPSA) is 43.8 Å². The molecule has 2 fully saturated rings. The Balaban J connectivity index is 1.41. The van der Waals surface area contributed by atoms with Crippen molar-refractivity contribution in [2.75, 3.05) is 46.3 Å². The molecule has 1 atom stereocenters. The molecule has 134 valence electrons. The van der Waals surface area contributed by atoms with E-state index in [9.17, 15) is 0 Å². The lowest BCUT2D eigenvalue weighted by molar-refractivity contribution is 0.198. The fraction of sp³-hybridized carbons (Fsp3) is 0.778. The zero-order valence-electron chi connectivity index (χ0n) is 15.1. The minimum Gasteiger partial charge on any atom is -0.356 e. The van der Waals surface area contributed by atoms with E-state index in [1.165, 1.54) is 55.2 Å². The maximum absolute atomic E-state index is 4.49. The van der Waals surface area contributed by atoms with Gasteiger partial charge in [0.15, 0.2) is 5.96 Å². The number of nitrogens with zero attached hydrogens (tertiary/aromatic N) is 4. The maximum Gasteiger partial charge on any atom is 0.193 e. The quantitative estimate of drug-likeness (QED) is 0.655. The number of aliphatic imine (C=N–C) groups is 1. The highest BCUT2D eigenvalue weighted by molar-refractivity contribution is 7.11. The van der Waals surface area contributed by atoms with E-state index in [0.717, 1.165) is 37.9 Å². The van der Waals surface area contributed by atoms with Gasteiger partial charge in [0.1, 0.15) is 0 Å². The number of aryl methyl sites for hydroxylation is 1. The molecule has 24 heavy (non-hydrogen) atoms. The summed E-state index contributed by atoms with van der Waals surface area (Å²) in [6.45, 7) is 9.17. The number of nitrogens with one attached hydrogen (secondary N) is 1. The summed E-state index contributed by atoms with van der Waals surface area (Å²) in [7, 11) is 1.90. The predicted octanol–water partition coefficient (Wildman–Crippen LogP) is 2.38. The van der Waals surface area contributed by atoms with E-state index >= 15 is 0 Å². The van der Waals surface area contributed by atoms with Crippen LogP contribution in [-0.2, 0) is 6.42 Å². The van der Waals surface area contributed by atoms with Crippen molar-refractivity contribution in [2.24, 2.45) is 10.9 Å². The summed E-state index contributed by atoms with van der Waals surface area (Å²) in [4.78, 5) is 15.3. The van der Waals surface area contributed by atoms with Gasteiger partial charge in [-0.05, 0) is 45.2 Å². The molecule has 1 unspecified atom stereocenters. The number of rotatable bonds is 5. The maximum atomic E-state index is 4.49. The summed E-state index contributed by atoms with van der Waals surface area (Å²) in [6, 6.07) is 0. The minimum atomic E-state index is 0.795. The van der Waals surface area contributed by atoms with Crippen LogP contribution >= 0.6 is 11.3 Å². The molecule has 3 heterocycles. The first-order valence-corrected chi connectivity index (χ1v) is 10.2. The Morgan fingerprint density at radius 1 is 1.33 bits per heavy atom. The molecule has 2 aliphatic rings. The summed E-state index contributed by atoms with van der Waals surface area (Å²) in [5.41, 5.74) is 0. The fourth-order valence-corrected chi connectivity index (χ4v) is 4.60. The van der Waals surface area contributed by atoms with Gasteiger partial charge in [-0.1, -0.05) is 6.42 Å². The van der Waals surface area contributed by atoms with Crippen molar-refractivity contribution in [3.63, 3.8) is 0 Å². The molecular weight excluding hydrogens is 318 g/mol. The Labute approximate surface area is 150 Å². The van der Waals surface area contributed by atoms with Gasteiger partial charge < -0.3 is 15.1 Å². The molecule has 0 aliphatic carbocycles. The molecule has 0 saturated carbocycles. The largest absolute Gasteiger partial charge is 0.356 e. The first-order chi connectivity index (χ1) is 11.7. The van der Waals surface area contributed by atoms with Gasteiger partial charge in [0.05, 0.1) is 5.01 Å². The average Bonchev–Trinajstić information content (AvgIpc) is 3.22. The van der Waals surface area contributed by atoms with Crippen LogP contribution in [0.15, 0.2) is 11.2 Å². The standard InChI is InChI=1S/C18H31N5S/c1-15-12-21-17(24-15)6-8-20-18(19-2)23-11-7-16(14-23)13-22-9-4-3-5-10-22/h12,16H,3-11,13-14H2,1-2H3,(H,19,20). The third-order valence-electron chi connectivity index (χ3n) is 5.05. The molecule has 0 bridgehead atoms. The molecule has 1 aromatic heterocycles. The molecule has 0 aromatic carbocycles. The number of piperidine rings is 1. The Morgan fingerprint density at radius 2 is 2.17 bits per heavy atom. The second kappa shape index (κ2) is 8.81. The zero-order chi connectivity index (χ0) is 16.8. The Bertz CT molecular complexity index is 535. The van der Waals surface area contributed by atoms with E-state index in [1.54, 1.807) is 11.3 Å². The molecule has 1 N–H and O–H groups in total. The van der Waals surface area contributed by atoms with E-state index in [0.29, 0.717) is 0 Å². The summed E-state index contributed by atoms with van der Waals surface area (Å²) < 4.78 is 0. The van der Waals surface area contributed by atoms with Crippen LogP contribution in [-0.4, -0.2) is 67.1 Å². The van der Waals surface area contributed by atoms with Crippen LogP contribution in [0.1, 0.15) is 35.6 Å².